The quantitative estimate of drug-likeness (QED) is 0.208. The normalized spacial score (nSPS) is 12.0. The van der Waals surface area contributed by atoms with Crippen LogP contribution in [0.5, 0.6) is 0 Å². The van der Waals surface area contributed by atoms with Crippen molar-refractivity contribution in [2.45, 2.75) is 13.8 Å². The van der Waals surface area contributed by atoms with E-state index in [1.54, 1.807) is 0 Å². The van der Waals surface area contributed by atoms with Gasteiger partial charge in [-0.25, -0.2) is 9.97 Å². The molecule has 0 spiro atoms. The molecule has 2 aliphatic rings. The number of aryl methyl sites for hydroxylation is 2. The zero-order valence-corrected chi connectivity index (χ0v) is 27.8. The summed E-state index contributed by atoms with van der Waals surface area (Å²) in [5, 5.41) is 0. The molecule has 0 radical (unpaired) electrons. The van der Waals surface area contributed by atoms with Crippen molar-refractivity contribution in [3.8, 4) is 44.5 Å². The van der Waals surface area contributed by atoms with Crippen LogP contribution in [0.3, 0.4) is 0 Å². The van der Waals surface area contributed by atoms with E-state index in [1.807, 2.05) is 12.1 Å². The van der Waals surface area contributed by atoms with Crippen molar-refractivity contribution in [1.29, 1.82) is 0 Å². The summed E-state index contributed by atoms with van der Waals surface area (Å²) in [5.41, 5.74) is 17.5. The molecule has 50 heavy (non-hydrogen) atoms. The molecule has 1 N–H and O–H groups in total. The molecule has 7 aromatic rings. The second-order valence-electron chi connectivity index (χ2n) is 12.8. The van der Waals surface area contributed by atoms with E-state index in [-0.39, 0.29) is 0 Å². The number of nitrogens with one attached hydrogen (secondary N) is 1. The smallest absolute Gasteiger partial charge is 0.137 e. The fourth-order valence-electron chi connectivity index (χ4n) is 6.94. The Morgan fingerprint density at radius 3 is 1.14 bits per heavy atom. The van der Waals surface area contributed by atoms with Gasteiger partial charge in [0.15, 0.2) is 0 Å². The Morgan fingerprint density at radius 2 is 0.740 bits per heavy atom. The highest BCUT2D eigenvalue weighted by Crippen LogP contribution is 2.39. The summed E-state index contributed by atoms with van der Waals surface area (Å²) >= 11 is 0. The van der Waals surface area contributed by atoms with Crippen molar-refractivity contribution in [3.05, 3.63) is 167 Å². The molecule has 3 aromatic heterocycles. The average Bonchev–Trinajstić information content (AvgIpc) is 3.98. The SMILES string of the molecule is Cc1ccc(-c2c3nc(c(-c4ccccc4)c4ccc(o4)c(-c4ccccc4)c4nc(c(-c5ccc(C)cc5)c5ccc2[nH]5)C=C4)C=C3)cc1. The summed E-state index contributed by atoms with van der Waals surface area (Å²) in [6, 6.07) is 46.5. The molecule has 4 aromatic carbocycles. The van der Waals surface area contributed by atoms with Crippen LogP contribution in [-0.4, -0.2) is 15.0 Å². The summed E-state index contributed by atoms with van der Waals surface area (Å²) in [4.78, 5) is 14.5. The number of fused-ring (bicyclic) bond motifs is 8. The van der Waals surface area contributed by atoms with Crippen LogP contribution in [0.25, 0.3) is 91.0 Å². The minimum atomic E-state index is 0.745. The van der Waals surface area contributed by atoms with Crippen molar-refractivity contribution in [3.63, 3.8) is 0 Å². The van der Waals surface area contributed by atoms with Crippen molar-refractivity contribution < 1.29 is 4.42 Å². The van der Waals surface area contributed by atoms with E-state index in [0.717, 1.165) is 89.5 Å². The summed E-state index contributed by atoms with van der Waals surface area (Å²) in [7, 11) is 0. The Bertz CT molecular complexity index is 2440. The van der Waals surface area contributed by atoms with Crippen LogP contribution >= 0.6 is 0 Å². The minimum absolute atomic E-state index is 0.745. The van der Waals surface area contributed by atoms with Gasteiger partial charge in [-0.3, -0.25) is 0 Å². The second-order valence-corrected chi connectivity index (χ2v) is 12.8. The third-order valence-corrected chi connectivity index (χ3v) is 9.43. The van der Waals surface area contributed by atoms with Crippen LogP contribution in [-0.2, 0) is 0 Å². The highest BCUT2D eigenvalue weighted by molar-refractivity contribution is 5.99. The van der Waals surface area contributed by atoms with Crippen molar-refractivity contribution in [1.82, 2.24) is 15.0 Å². The molecule has 9 rings (SSSR count). The van der Waals surface area contributed by atoms with Crippen LogP contribution in [0.1, 0.15) is 33.9 Å². The number of benzene rings is 4. The number of H-pyrrole nitrogens is 1. The van der Waals surface area contributed by atoms with Gasteiger partial charge in [0.1, 0.15) is 11.2 Å². The zero-order valence-electron chi connectivity index (χ0n) is 27.8. The number of furan rings is 1. The first kappa shape index (κ1) is 29.6. The molecule has 2 aliphatic heterocycles. The number of aromatic nitrogens is 3. The summed E-state index contributed by atoms with van der Waals surface area (Å²) in [6.07, 6.45) is 8.44. The number of rotatable bonds is 4. The van der Waals surface area contributed by atoms with E-state index >= 15 is 0 Å². The lowest BCUT2D eigenvalue weighted by atomic mass is 10.0. The molecule has 0 aliphatic carbocycles. The lowest BCUT2D eigenvalue weighted by molar-refractivity contribution is 0.667. The maximum absolute atomic E-state index is 6.85. The first-order valence-corrected chi connectivity index (χ1v) is 16.9. The van der Waals surface area contributed by atoms with Gasteiger partial charge in [-0.15, -0.1) is 0 Å². The van der Waals surface area contributed by atoms with Crippen molar-refractivity contribution >= 4 is 46.5 Å². The Balaban J connectivity index is 1.48. The first-order valence-electron chi connectivity index (χ1n) is 16.9. The molecule has 4 nitrogen and oxygen atoms in total. The van der Waals surface area contributed by atoms with Gasteiger partial charge in [-0.05, 0) is 84.7 Å². The largest absolute Gasteiger partial charge is 0.456 e. The zero-order chi connectivity index (χ0) is 33.6. The van der Waals surface area contributed by atoms with Crippen LogP contribution in [0.4, 0.5) is 0 Å². The van der Waals surface area contributed by atoms with E-state index in [0.29, 0.717) is 0 Å². The summed E-state index contributed by atoms with van der Waals surface area (Å²) in [6.45, 7) is 4.23. The predicted octanol–water partition coefficient (Wildman–Crippen LogP) is 12.2. The lowest BCUT2D eigenvalue weighted by Crippen LogP contribution is -1.89. The molecule has 0 amide bonds. The van der Waals surface area contributed by atoms with E-state index < -0.39 is 0 Å². The van der Waals surface area contributed by atoms with E-state index in [4.69, 9.17) is 14.4 Å². The number of nitrogens with zero attached hydrogens (tertiary/aromatic N) is 2. The van der Waals surface area contributed by atoms with Crippen LogP contribution in [0.15, 0.2) is 138 Å². The maximum atomic E-state index is 6.85. The third kappa shape index (κ3) is 5.28. The van der Waals surface area contributed by atoms with Crippen molar-refractivity contribution in [2.75, 3.05) is 0 Å². The Kier molecular flexibility index (Phi) is 7.21. The summed E-state index contributed by atoms with van der Waals surface area (Å²) in [5.74, 6) is 0. The highest BCUT2D eigenvalue weighted by Gasteiger charge is 2.19. The Labute approximate surface area is 290 Å². The van der Waals surface area contributed by atoms with Gasteiger partial charge < -0.3 is 9.40 Å². The fourth-order valence-corrected chi connectivity index (χ4v) is 6.94. The first-order chi connectivity index (χ1) is 24.6. The fraction of sp³-hybridized carbons (Fsp3) is 0.0435. The van der Waals surface area contributed by atoms with Gasteiger partial charge in [-0.1, -0.05) is 120 Å². The summed E-state index contributed by atoms with van der Waals surface area (Å²) < 4.78 is 6.85. The van der Waals surface area contributed by atoms with Gasteiger partial charge in [0.05, 0.1) is 33.9 Å². The molecule has 0 unspecified atom stereocenters. The van der Waals surface area contributed by atoms with Gasteiger partial charge in [0.2, 0.25) is 0 Å². The second kappa shape index (κ2) is 12.2. The molecule has 0 saturated heterocycles. The Hall–Kier alpha value is -6.52. The van der Waals surface area contributed by atoms with Gasteiger partial charge in [-0.2, -0.15) is 0 Å². The molecule has 4 heteroatoms. The van der Waals surface area contributed by atoms with E-state index in [9.17, 15) is 0 Å². The molecule has 8 bridgehead atoms. The van der Waals surface area contributed by atoms with E-state index in [1.165, 1.54) is 11.1 Å². The average molecular weight is 644 g/mol. The van der Waals surface area contributed by atoms with Crippen molar-refractivity contribution in [2.24, 2.45) is 0 Å². The molecule has 238 valence electrons. The van der Waals surface area contributed by atoms with Gasteiger partial charge >= 0.3 is 0 Å². The number of hydrogen-bond donors (Lipinski definition) is 1. The molecule has 0 atom stereocenters. The molecular formula is C46H33N3O. The third-order valence-electron chi connectivity index (χ3n) is 9.43. The monoisotopic (exact) mass is 643 g/mol. The number of aromatic amines is 1. The molecular weight excluding hydrogens is 611 g/mol. The van der Waals surface area contributed by atoms with Crippen LogP contribution in [0, 0.1) is 13.8 Å². The molecule has 5 heterocycles. The standard InChI is InChI=1S/C46H33N3O/c1-29-13-17-33(18-14-29)43-35-21-22-36(47-35)44(34-19-15-30(2)16-20-34)38-24-26-40(49-38)46(32-11-7-4-8-12-32)42-28-27-41(50-42)45(31-9-5-3-6-10-31)39-25-23-37(43)48-39/h3-28,47H,1-2H3. The lowest BCUT2D eigenvalue weighted by Gasteiger charge is -2.07. The van der Waals surface area contributed by atoms with E-state index in [2.05, 4.69) is 164 Å². The minimum Gasteiger partial charge on any atom is -0.456 e. The topological polar surface area (TPSA) is 54.7 Å². The molecule has 0 saturated carbocycles. The van der Waals surface area contributed by atoms with Gasteiger partial charge in [0.25, 0.3) is 0 Å². The Morgan fingerprint density at radius 1 is 0.380 bits per heavy atom. The number of hydrogen-bond acceptors (Lipinski definition) is 3. The maximum Gasteiger partial charge on any atom is 0.137 e. The highest BCUT2D eigenvalue weighted by atomic mass is 16.3. The van der Waals surface area contributed by atoms with Crippen LogP contribution < -0.4 is 0 Å². The molecule has 0 fully saturated rings. The van der Waals surface area contributed by atoms with Gasteiger partial charge in [0, 0.05) is 22.2 Å². The predicted molar refractivity (Wildman–Crippen MR) is 208 cm³/mol. The van der Waals surface area contributed by atoms with Crippen LogP contribution in [0.2, 0.25) is 0 Å².